The van der Waals surface area contributed by atoms with Crippen LogP contribution in [0.2, 0.25) is 0 Å². The number of furan rings is 1. The topological polar surface area (TPSA) is 63.3 Å². The molecule has 6 heteroatoms. The number of ketones is 1. The van der Waals surface area contributed by atoms with Crippen LogP contribution in [0.5, 0.6) is 0 Å². The van der Waals surface area contributed by atoms with Gasteiger partial charge in [0.05, 0.1) is 16.5 Å². The summed E-state index contributed by atoms with van der Waals surface area (Å²) in [7, 11) is 0. The third-order valence-electron chi connectivity index (χ3n) is 11.5. The van der Waals surface area contributed by atoms with E-state index in [2.05, 4.69) is 107 Å². The van der Waals surface area contributed by atoms with E-state index in [0.717, 1.165) is 59.8 Å². The molecule has 3 aromatic carbocycles. The number of hydrogen-bond acceptors (Lipinski definition) is 5. The van der Waals surface area contributed by atoms with Gasteiger partial charge in [-0.05, 0) is 83.7 Å². The minimum Gasteiger partial charge on any atom is -0.512 e. The van der Waals surface area contributed by atoms with Gasteiger partial charge in [-0.15, -0.1) is 40.5 Å². The van der Waals surface area contributed by atoms with E-state index in [0.29, 0.717) is 5.92 Å². The van der Waals surface area contributed by atoms with E-state index in [4.69, 9.17) is 9.40 Å². The van der Waals surface area contributed by atoms with E-state index in [9.17, 15) is 9.90 Å². The Kier molecular flexibility index (Phi) is 14.0. The Balaban J connectivity index is 0.000000309. The molecule has 0 saturated carbocycles. The summed E-state index contributed by atoms with van der Waals surface area (Å²) in [4.78, 5) is 17.3. The Morgan fingerprint density at radius 3 is 2.19 bits per heavy atom. The molecule has 0 aliphatic heterocycles. The number of aromatic nitrogens is 1. The molecule has 0 amide bonds. The van der Waals surface area contributed by atoms with Gasteiger partial charge >= 0.3 is 0 Å². The zero-order valence-corrected chi connectivity index (χ0v) is 37.3. The Labute approximate surface area is 340 Å². The van der Waals surface area contributed by atoms with E-state index in [1.807, 2.05) is 47.8 Å². The molecule has 0 fully saturated rings. The van der Waals surface area contributed by atoms with Crippen LogP contribution in [0.4, 0.5) is 0 Å². The molecule has 0 aliphatic carbocycles. The molecule has 0 saturated heterocycles. The first-order chi connectivity index (χ1) is 25.1. The monoisotopic (exact) mass is 921 g/mol. The van der Waals surface area contributed by atoms with Crippen LogP contribution in [0.25, 0.3) is 54.3 Å². The first kappa shape index (κ1) is 43.2. The predicted molar refractivity (Wildman–Crippen MR) is 227 cm³/mol. The van der Waals surface area contributed by atoms with Gasteiger partial charge in [-0.3, -0.25) is 9.78 Å². The molecule has 0 unspecified atom stereocenters. The summed E-state index contributed by atoms with van der Waals surface area (Å²) < 4.78 is 7.09. The van der Waals surface area contributed by atoms with E-state index in [1.165, 1.54) is 43.8 Å². The van der Waals surface area contributed by atoms with Crippen LogP contribution in [0.1, 0.15) is 113 Å². The summed E-state index contributed by atoms with van der Waals surface area (Å²) in [5, 5.41) is 15.9. The summed E-state index contributed by atoms with van der Waals surface area (Å²) in [5.41, 5.74) is 8.38. The molecule has 0 bridgehead atoms. The molecule has 3 aromatic heterocycles. The molecule has 289 valence electrons. The Hall–Kier alpha value is -3.57. The molecule has 0 spiro atoms. The van der Waals surface area contributed by atoms with Crippen LogP contribution in [-0.4, -0.2) is 15.9 Å². The molecular weight excluding hydrogens is 863 g/mol. The van der Waals surface area contributed by atoms with E-state index >= 15 is 0 Å². The normalized spacial score (nSPS) is 12.6. The van der Waals surface area contributed by atoms with Gasteiger partial charge in [0.1, 0.15) is 11.3 Å². The standard InChI is InChI=1S/C33H30NOS.C15H28O2.Ir/c1-20(2)14-24-19-35-31-11-10-22(16-26(24)31)27-18-30(34-29-12-13-36-32(27)29)23-15-21-8-6-7-9-25(21)28(17-23)33(3,4)5;1-7-14(5,8-2)12(16)11-13(17)15(6,9-3)10-4;/h6-13,16-20H,14H2,1-5H3;11,16H,7-10H2,1-6H3;/q-1;;/b;12-11-;. The summed E-state index contributed by atoms with van der Waals surface area (Å²) >= 11 is 1.75. The molecule has 54 heavy (non-hydrogen) atoms. The van der Waals surface area contributed by atoms with E-state index in [-0.39, 0.29) is 47.9 Å². The van der Waals surface area contributed by atoms with Crippen molar-refractivity contribution >= 4 is 49.1 Å². The number of pyridine rings is 1. The van der Waals surface area contributed by atoms with E-state index < -0.39 is 0 Å². The fourth-order valence-electron chi connectivity index (χ4n) is 6.83. The molecule has 4 nitrogen and oxygen atoms in total. The number of carbonyl (C=O) groups excluding carboxylic acids is 1. The van der Waals surface area contributed by atoms with Crippen molar-refractivity contribution in [3.05, 3.63) is 101 Å². The van der Waals surface area contributed by atoms with Crippen molar-refractivity contribution in [2.45, 2.75) is 114 Å². The van der Waals surface area contributed by atoms with Crippen LogP contribution < -0.4 is 0 Å². The number of allylic oxidation sites excluding steroid dienone is 2. The first-order valence-electron chi connectivity index (χ1n) is 19.4. The van der Waals surface area contributed by atoms with E-state index in [1.54, 1.807) is 11.3 Å². The molecular formula is C48H58IrNO3S-. The third-order valence-corrected chi connectivity index (χ3v) is 12.4. The number of aliphatic hydroxyl groups excluding tert-OH is 1. The zero-order valence-electron chi connectivity index (χ0n) is 34.1. The van der Waals surface area contributed by atoms with Crippen molar-refractivity contribution in [3.63, 3.8) is 0 Å². The maximum atomic E-state index is 12.2. The second kappa shape index (κ2) is 17.5. The van der Waals surface area contributed by atoms with Gasteiger partial charge in [-0.1, -0.05) is 117 Å². The number of carbonyl (C=O) groups is 1. The number of fused-ring (bicyclic) bond motifs is 3. The number of rotatable bonds is 11. The smallest absolute Gasteiger partial charge is 0.164 e. The molecule has 1 N–H and O–H groups in total. The fraction of sp³-hybridized carbons (Fsp3) is 0.417. The third kappa shape index (κ3) is 9.10. The number of nitrogens with zero attached hydrogens (tertiary/aromatic N) is 1. The van der Waals surface area contributed by atoms with Gasteiger partial charge in [0.15, 0.2) is 5.78 Å². The second-order valence-electron chi connectivity index (χ2n) is 16.6. The first-order valence-corrected chi connectivity index (χ1v) is 20.3. The number of hydrogen-bond donors (Lipinski definition) is 1. The van der Waals surface area contributed by atoms with Crippen molar-refractivity contribution in [3.8, 4) is 22.4 Å². The van der Waals surface area contributed by atoms with Crippen LogP contribution in [0.3, 0.4) is 0 Å². The SMILES string of the molecule is CC(C)Cc1coc2ccc(-c3cc(-c4[c-]c5ccccc5c(C(C)(C)C)c4)nc4ccsc34)cc12.CCC(C)(CC)C(=O)/C=C(\O)C(C)(CC)CC.[Ir]. The molecule has 0 aliphatic rings. The van der Waals surface area contributed by atoms with Crippen molar-refractivity contribution in [1.82, 2.24) is 4.98 Å². The summed E-state index contributed by atoms with van der Waals surface area (Å²) in [6, 6.07) is 25.5. The van der Waals surface area contributed by atoms with Gasteiger partial charge in [0.2, 0.25) is 0 Å². The van der Waals surface area contributed by atoms with Crippen molar-refractivity contribution < 1.29 is 34.4 Å². The van der Waals surface area contributed by atoms with Gasteiger partial charge in [-0.25, -0.2) is 0 Å². The van der Waals surface area contributed by atoms with Crippen LogP contribution >= 0.6 is 11.3 Å². The van der Waals surface area contributed by atoms with Crippen LogP contribution in [0.15, 0.2) is 88.6 Å². The van der Waals surface area contributed by atoms with Crippen LogP contribution in [0, 0.1) is 22.8 Å². The average Bonchev–Trinajstić information content (AvgIpc) is 3.79. The predicted octanol–water partition coefficient (Wildman–Crippen LogP) is 14.5. The molecule has 0 atom stereocenters. The maximum absolute atomic E-state index is 12.2. The number of benzene rings is 3. The maximum Gasteiger partial charge on any atom is 0.164 e. The number of thiophene rings is 1. The van der Waals surface area contributed by atoms with Gasteiger partial charge < -0.3 is 9.52 Å². The second-order valence-corrected chi connectivity index (χ2v) is 17.5. The molecule has 6 rings (SSSR count). The molecule has 1 radical (unpaired) electrons. The van der Waals surface area contributed by atoms with Crippen molar-refractivity contribution in [1.29, 1.82) is 0 Å². The zero-order chi connectivity index (χ0) is 38.7. The quantitative estimate of drug-likeness (QED) is 0.0799. The summed E-state index contributed by atoms with van der Waals surface area (Å²) in [5.74, 6) is 0.861. The Bertz CT molecular complexity index is 2240. The fourth-order valence-corrected chi connectivity index (χ4v) is 7.70. The van der Waals surface area contributed by atoms with Crippen molar-refractivity contribution in [2.24, 2.45) is 16.7 Å². The van der Waals surface area contributed by atoms with Crippen LogP contribution in [-0.2, 0) is 36.7 Å². The van der Waals surface area contributed by atoms with Gasteiger partial charge in [0.25, 0.3) is 0 Å². The molecule has 6 aromatic rings. The van der Waals surface area contributed by atoms with Crippen molar-refractivity contribution in [2.75, 3.05) is 0 Å². The Morgan fingerprint density at radius 1 is 0.889 bits per heavy atom. The minimum absolute atomic E-state index is 0. The largest absolute Gasteiger partial charge is 0.512 e. The summed E-state index contributed by atoms with van der Waals surface area (Å²) in [6.07, 6.45) is 7.68. The minimum atomic E-state index is -0.337. The number of aliphatic hydroxyl groups is 1. The molecule has 3 heterocycles. The Morgan fingerprint density at radius 2 is 1.56 bits per heavy atom. The van der Waals surface area contributed by atoms with Gasteiger partial charge in [-0.2, -0.15) is 0 Å². The van der Waals surface area contributed by atoms with Gasteiger partial charge in [0, 0.05) is 48.1 Å². The summed E-state index contributed by atoms with van der Waals surface area (Å²) in [6.45, 7) is 23.4. The average molecular weight is 921 g/mol.